The molecule has 132 valence electrons. The lowest BCUT2D eigenvalue weighted by Crippen LogP contribution is -2.13. The maximum atomic E-state index is 12.6. The molecule has 0 fully saturated rings. The van der Waals surface area contributed by atoms with Crippen LogP contribution in [0.3, 0.4) is 0 Å². The molecule has 0 unspecified atom stereocenters. The van der Waals surface area contributed by atoms with E-state index in [4.69, 9.17) is 16.2 Å². The zero-order chi connectivity index (χ0) is 18.7. The number of carbonyl (C=O) groups excluding carboxylic acids is 1. The van der Waals surface area contributed by atoms with Crippen LogP contribution in [0.5, 0.6) is 0 Å². The second-order valence-corrected chi connectivity index (χ2v) is 5.90. The molecule has 0 bridgehead atoms. The van der Waals surface area contributed by atoms with Gasteiger partial charge in [-0.1, -0.05) is 6.07 Å². The molecule has 0 atom stereocenters. The molecule has 0 radical (unpaired) electrons. The maximum absolute atomic E-state index is 12.6. The number of amidine groups is 1. The number of H-pyrrole nitrogens is 1. The van der Waals surface area contributed by atoms with Gasteiger partial charge < -0.3 is 21.1 Å². The van der Waals surface area contributed by atoms with Crippen molar-refractivity contribution in [2.45, 2.75) is 12.8 Å². The quantitative estimate of drug-likeness (QED) is 0.345. The van der Waals surface area contributed by atoms with E-state index >= 15 is 0 Å². The molecule has 0 saturated heterocycles. The van der Waals surface area contributed by atoms with E-state index in [0.29, 0.717) is 23.2 Å². The molecule has 7 nitrogen and oxygen atoms in total. The van der Waals surface area contributed by atoms with Gasteiger partial charge in [0.05, 0.1) is 6.42 Å². The van der Waals surface area contributed by atoms with E-state index in [-0.39, 0.29) is 18.2 Å². The van der Waals surface area contributed by atoms with Gasteiger partial charge in [0.1, 0.15) is 5.84 Å². The molecule has 0 aliphatic carbocycles. The first-order valence-corrected chi connectivity index (χ1v) is 8.02. The first-order valence-electron chi connectivity index (χ1n) is 8.02. The highest BCUT2D eigenvalue weighted by atomic mass is 16.4. The summed E-state index contributed by atoms with van der Waals surface area (Å²) in [6.07, 6.45) is 0.397. The Bertz CT molecular complexity index is 990. The molecule has 3 aromatic rings. The number of fused-ring (bicyclic) bond motifs is 1. The summed E-state index contributed by atoms with van der Waals surface area (Å²) in [5, 5.41) is 19.8. The zero-order valence-corrected chi connectivity index (χ0v) is 13.9. The first kappa shape index (κ1) is 17.2. The van der Waals surface area contributed by atoms with Gasteiger partial charge in [0.2, 0.25) is 0 Å². The van der Waals surface area contributed by atoms with Crippen LogP contribution in [0.1, 0.15) is 28.0 Å². The smallest absolute Gasteiger partial charge is 0.303 e. The number of carboxylic acids is 1. The van der Waals surface area contributed by atoms with Gasteiger partial charge in [0, 0.05) is 33.4 Å². The van der Waals surface area contributed by atoms with Crippen molar-refractivity contribution in [3.05, 3.63) is 65.4 Å². The standard InChI is InChI=1S/C19H18N4O3/c20-18(21)11-4-6-12(7-5-11)23-19(26)14-2-1-3-16-15(14)10-13(22-16)8-9-17(24)25/h1-7,10,22H,8-9H2,(H3,20,21)(H,23,26)(H,24,25). The number of carboxylic acid groups (broad SMARTS) is 1. The predicted molar refractivity (Wildman–Crippen MR) is 99.7 cm³/mol. The van der Waals surface area contributed by atoms with Crippen LogP contribution in [0.25, 0.3) is 10.9 Å². The van der Waals surface area contributed by atoms with E-state index in [1.165, 1.54) is 0 Å². The van der Waals surface area contributed by atoms with Gasteiger partial charge in [0.25, 0.3) is 5.91 Å². The van der Waals surface area contributed by atoms with Crippen LogP contribution >= 0.6 is 0 Å². The van der Waals surface area contributed by atoms with Crippen molar-refractivity contribution in [1.29, 1.82) is 5.41 Å². The van der Waals surface area contributed by atoms with Crippen LogP contribution in [0, 0.1) is 5.41 Å². The number of aromatic nitrogens is 1. The Labute approximate surface area is 149 Å². The average Bonchev–Trinajstić information content (AvgIpc) is 3.03. The Balaban J connectivity index is 1.83. The second kappa shape index (κ2) is 7.10. The van der Waals surface area contributed by atoms with Crippen LogP contribution in [-0.4, -0.2) is 27.8 Å². The molecule has 0 spiro atoms. The molecule has 26 heavy (non-hydrogen) atoms. The van der Waals surface area contributed by atoms with Crippen LogP contribution in [-0.2, 0) is 11.2 Å². The van der Waals surface area contributed by atoms with Crippen molar-refractivity contribution in [3.8, 4) is 0 Å². The summed E-state index contributed by atoms with van der Waals surface area (Å²) in [5.41, 5.74) is 8.65. The number of nitrogens with one attached hydrogen (secondary N) is 3. The highest BCUT2D eigenvalue weighted by Crippen LogP contribution is 2.22. The van der Waals surface area contributed by atoms with Gasteiger partial charge in [-0.3, -0.25) is 15.0 Å². The largest absolute Gasteiger partial charge is 0.481 e. The zero-order valence-electron chi connectivity index (χ0n) is 13.9. The molecule has 0 aliphatic heterocycles. The van der Waals surface area contributed by atoms with E-state index in [1.54, 1.807) is 36.4 Å². The van der Waals surface area contributed by atoms with E-state index in [1.807, 2.05) is 12.1 Å². The van der Waals surface area contributed by atoms with Crippen molar-refractivity contribution in [3.63, 3.8) is 0 Å². The number of aliphatic carboxylic acids is 1. The van der Waals surface area contributed by atoms with E-state index in [9.17, 15) is 9.59 Å². The molecule has 3 rings (SSSR count). The Hall–Kier alpha value is -3.61. The van der Waals surface area contributed by atoms with Crippen molar-refractivity contribution in [2.75, 3.05) is 5.32 Å². The molecule has 1 aromatic heterocycles. The third kappa shape index (κ3) is 3.72. The number of rotatable bonds is 6. The van der Waals surface area contributed by atoms with E-state index in [2.05, 4.69) is 10.3 Å². The summed E-state index contributed by atoms with van der Waals surface area (Å²) in [6, 6.07) is 13.8. The van der Waals surface area contributed by atoms with Crippen molar-refractivity contribution in [1.82, 2.24) is 4.98 Å². The molecule has 0 saturated carbocycles. The number of hydrogen-bond donors (Lipinski definition) is 5. The number of nitrogens with two attached hydrogens (primary N) is 1. The van der Waals surface area contributed by atoms with Crippen molar-refractivity contribution in [2.24, 2.45) is 5.73 Å². The van der Waals surface area contributed by atoms with Gasteiger partial charge in [-0.2, -0.15) is 0 Å². The lowest BCUT2D eigenvalue weighted by molar-refractivity contribution is -0.136. The fourth-order valence-corrected chi connectivity index (χ4v) is 2.72. The topological polar surface area (TPSA) is 132 Å². The summed E-state index contributed by atoms with van der Waals surface area (Å²) in [5.74, 6) is -1.17. The summed E-state index contributed by atoms with van der Waals surface area (Å²) in [4.78, 5) is 26.5. The Morgan fingerprint density at radius 1 is 1.15 bits per heavy atom. The summed E-state index contributed by atoms with van der Waals surface area (Å²) < 4.78 is 0. The molecular weight excluding hydrogens is 332 g/mol. The van der Waals surface area contributed by atoms with Gasteiger partial charge in [-0.05, 0) is 48.9 Å². The number of amides is 1. The number of hydrogen-bond acceptors (Lipinski definition) is 3. The second-order valence-electron chi connectivity index (χ2n) is 5.90. The molecule has 2 aromatic carbocycles. The predicted octanol–water partition coefficient (Wildman–Crippen LogP) is 2.72. The van der Waals surface area contributed by atoms with E-state index in [0.717, 1.165) is 16.6 Å². The third-order valence-electron chi connectivity index (χ3n) is 4.03. The normalized spacial score (nSPS) is 10.6. The van der Waals surface area contributed by atoms with Crippen molar-refractivity contribution < 1.29 is 14.7 Å². The fraction of sp³-hybridized carbons (Fsp3) is 0.105. The third-order valence-corrected chi connectivity index (χ3v) is 4.03. The minimum absolute atomic E-state index is 0.0247. The SMILES string of the molecule is N=C(N)c1ccc(NC(=O)c2cccc3[nH]c(CCC(=O)O)cc23)cc1. The van der Waals surface area contributed by atoms with E-state index < -0.39 is 5.97 Å². The molecule has 6 N–H and O–H groups in total. The number of carbonyl (C=O) groups is 2. The summed E-state index contributed by atoms with van der Waals surface area (Å²) >= 11 is 0. The highest BCUT2D eigenvalue weighted by molar-refractivity contribution is 6.12. The first-order chi connectivity index (χ1) is 12.4. The minimum atomic E-state index is -0.865. The lowest BCUT2D eigenvalue weighted by Gasteiger charge is -2.07. The number of aryl methyl sites for hydroxylation is 1. The molecule has 7 heteroatoms. The van der Waals surface area contributed by atoms with Crippen LogP contribution in [0.4, 0.5) is 5.69 Å². The monoisotopic (exact) mass is 350 g/mol. The molecule has 1 amide bonds. The fourth-order valence-electron chi connectivity index (χ4n) is 2.72. The number of anilines is 1. The molecule has 0 aliphatic rings. The Morgan fingerprint density at radius 3 is 2.54 bits per heavy atom. The lowest BCUT2D eigenvalue weighted by atomic mass is 10.1. The van der Waals surface area contributed by atoms with Gasteiger partial charge in [0.15, 0.2) is 0 Å². The van der Waals surface area contributed by atoms with Crippen LogP contribution in [0.15, 0.2) is 48.5 Å². The Morgan fingerprint density at radius 2 is 1.88 bits per heavy atom. The highest BCUT2D eigenvalue weighted by Gasteiger charge is 2.13. The van der Waals surface area contributed by atoms with Crippen LogP contribution < -0.4 is 11.1 Å². The minimum Gasteiger partial charge on any atom is -0.481 e. The number of aromatic amines is 1. The average molecular weight is 350 g/mol. The maximum Gasteiger partial charge on any atom is 0.303 e. The Kier molecular flexibility index (Phi) is 4.70. The van der Waals surface area contributed by atoms with Crippen LogP contribution in [0.2, 0.25) is 0 Å². The molecular formula is C19H18N4O3. The van der Waals surface area contributed by atoms with Gasteiger partial charge in [-0.25, -0.2) is 0 Å². The number of benzene rings is 2. The van der Waals surface area contributed by atoms with Gasteiger partial charge >= 0.3 is 5.97 Å². The van der Waals surface area contributed by atoms with Crippen molar-refractivity contribution >= 4 is 34.3 Å². The molecule has 1 heterocycles. The number of nitrogen functional groups attached to an aromatic ring is 1. The van der Waals surface area contributed by atoms with Gasteiger partial charge in [-0.15, -0.1) is 0 Å². The summed E-state index contributed by atoms with van der Waals surface area (Å²) in [6.45, 7) is 0. The summed E-state index contributed by atoms with van der Waals surface area (Å²) in [7, 11) is 0.